The molecule has 5 heteroatoms. The van der Waals surface area contributed by atoms with Crippen molar-refractivity contribution in [1.29, 1.82) is 0 Å². The molecule has 2 fully saturated rings. The van der Waals surface area contributed by atoms with E-state index in [9.17, 15) is 10.1 Å². The summed E-state index contributed by atoms with van der Waals surface area (Å²) < 4.78 is 0. The summed E-state index contributed by atoms with van der Waals surface area (Å²) in [6.07, 6.45) is 6.62. The normalized spacial score (nSPS) is 29.3. The van der Waals surface area contributed by atoms with Crippen LogP contribution in [0.15, 0.2) is 42.5 Å². The van der Waals surface area contributed by atoms with Crippen molar-refractivity contribution < 1.29 is 4.92 Å². The standard InChI is InChI=1S/C23H27ClN2O2/c1-15-9-16-11-17(10-15)14-23(2,13-16)18-3-8-22(21(24)12-18)25-19-4-6-20(7-5-19)26(27)28/h3-8,12,15-17,25H,9-11,13-14H2,1-2H3. The van der Waals surface area contributed by atoms with Gasteiger partial charge in [-0.3, -0.25) is 10.1 Å². The number of nitrogens with zero attached hydrogens (tertiary/aromatic N) is 1. The maximum atomic E-state index is 10.8. The van der Waals surface area contributed by atoms with Gasteiger partial charge in [0, 0.05) is 17.8 Å². The minimum absolute atomic E-state index is 0.0806. The van der Waals surface area contributed by atoms with Crippen LogP contribution in [0.1, 0.15) is 51.5 Å². The Hall–Kier alpha value is -2.07. The van der Waals surface area contributed by atoms with Crippen LogP contribution in [0.3, 0.4) is 0 Å². The highest BCUT2D eigenvalue weighted by Gasteiger charge is 2.41. The highest BCUT2D eigenvalue weighted by atomic mass is 35.5. The van der Waals surface area contributed by atoms with Gasteiger partial charge in [-0.25, -0.2) is 0 Å². The summed E-state index contributed by atoms with van der Waals surface area (Å²) in [6.45, 7) is 4.80. The zero-order valence-electron chi connectivity index (χ0n) is 16.5. The Morgan fingerprint density at radius 2 is 1.71 bits per heavy atom. The molecule has 2 unspecified atom stereocenters. The summed E-state index contributed by atoms with van der Waals surface area (Å²) >= 11 is 6.62. The summed E-state index contributed by atoms with van der Waals surface area (Å²) in [4.78, 5) is 10.4. The van der Waals surface area contributed by atoms with Gasteiger partial charge < -0.3 is 5.32 Å². The first-order valence-corrected chi connectivity index (χ1v) is 10.5. The van der Waals surface area contributed by atoms with Crippen LogP contribution >= 0.6 is 11.6 Å². The molecule has 2 aromatic carbocycles. The molecule has 4 nitrogen and oxygen atoms in total. The minimum Gasteiger partial charge on any atom is -0.354 e. The number of nitro groups is 1. The number of nitro benzene ring substituents is 1. The minimum atomic E-state index is -0.396. The fraction of sp³-hybridized carbons (Fsp3) is 0.478. The lowest BCUT2D eigenvalue weighted by atomic mass is 9.57. The number of benzene rings is 2. The van der Waals surface area contributed by atoms with Crippen LogP contribution in [0.2, 0.25) is 5.02 Å². The summed E-state index contributed by atoms with van der Waals surface area (Å²) in [5.41, 5.74) is 3.22. The number of hydrogen-bond acceptors (Lipinski definition) is 3. The Morgan fingerprint density at radius 1 is 1.07 bits per heavy atom. The second-order valence-corrected chi connectivity index (χ2v) is 9.54. The predicted molar refractivity (Wildman–Crippen MR) is 114 cm³/mol. The quantitative estimate of drug-likeness (QED) is 0.441. The van der Waals surface area contributed by atoms with Crippen LogP contribution in [0.5, 0.6) is 0 Å². The van der Waals surface area contributed by atoms with E-state index in [2.05, 4.69) is 31.3 Å². The van der Waals surface area contributed by atoms with Crippen molar-refractivity contribution in [3.05, 3.63) is 63.2 Å². The van der Waals surface area contributed by atoms with Gasteiger partial charge in [0.25, 0.3) is 5.69 Å². The van der Waals surface area contributed by atoms with Crippen LogP contribution < -0.4 is 5.32 Å². The number of rotatable bonds is 4. The van der Waals surface area contributed by atoms with Gasteiger partial charge in [-0.15, -0.1) is 0 Å². The third kappa shape index (κ3) is 3.88. The molecule has 0 heterocycles. The Kier molecular flexibility index (Phi) is 5.09. The maximum Gasteiger partial charge on any atom is 0.269 e. The molecule has 2 bridgehead atoms. The van der Waals surface area contributed by atoms with Crippen molar-refractivity contribution in [1.82, 2.24) is 0 Å². The number of anilines is 2. The number of nitrogens with one attached hydrogen (secondary N) is 1. The number of non-ortho nitro benzene ring substituents is 1. The average molecular weight is 399 g/mol. The zero-order chi connectivity index (χ0) is 19.9. The van der Waals surface area contributed by atoms with Crippen LogP contribution in [0, 0.1) is 27.9 Å². The van der Waals surface area contributed by atoms with E-state index >= 15 is 0 Å². The smallest absolute Gasteiger partial charge is 0.269 e. The monoisotopic (exact) mass is 398 g/mol. The fourth-order valence-corrected chi connectivity index (χ4v) is 5.87. The summed E-state index contributed by atoms with van der Waals surface area (Å²) in [6, 6.07) is 12.7. The molecule has 4 rings (SSSR count). The Labute approximate surface area is 171 Å². The molecule has 0 aromatic heterocycles. The largest absolute Gasteiger partial charge is 0.354 e. The first-order chi connectivity index (χ1) is 13.3. The molecule has 2 aliphatic carbocycles. The van der Waals surface area contributed by atoms with Gasteiger partial charge >= 0.3 is 0 Å². The summed E-state index contributed by atoms with van der Waals surface area (Å²) in [5, 5.41) is 14.8. The van der Waals surface area contributed by atoms with E-state index in [0.717, 1.165) is 29.1 Å². The molecule has 2 aliphatic rings. The van der Waals surface area contributed by atoms with Crippen LogP contribution in [0.25, 0.3) is 0 Å². The van der Waals surface area contributed by atoms with Gasteiger partial charge in [0.05, 0.1) is 15.6 Å². The molecule has 2 aromatic rings. The van der Waals surface area contributed by atoms with Crippen LogP contribution in [0.4, 0.5) is 17.1 Å². The summed E-state index contributed by atoms with van der Waals surface area (Å²) in [5.74, 6) is 2.54. The molecular weight excluding hydrogens is 372 g/mol. The number of hydrogen-bond donors (Lipinski definition) is 1. The number of fused-ring (bicyclic) bond motifs is 2. The van der Waals surface area contributed by atoms with Gasteiger partial charge in [-0.2, -0.15) is 0 Å². The third-order valence-electron chi connectivity index (χ3n) is 6.64. The average Bonchev–Trinajstić information content (AvgIpc) is 2.62. The van der Waals surface area contributed by atoms with Crippen molar-refractivity contribution in [2.45, 2.75) is 51.4 Å². The van der Waals surface area contributed by atoms with Crippen LogP contribution in [-0.2, 0) is 5.41 Å². The van der Waals surface area contributed by atoms with E-state index in [1.165, 1.54) is 49.8 Å². The third-order valence-corrected chi connectivity index (χ3v) is 6.95. The Morgan fingerprint density at radius 3 is 2.29 bits per heavy atom. The highest BCUT2D eigenvalue weighted by molar-refractivity contribution is 6.33. The second kappa shape index (κ2) is 7.40. The molecule has 0 aliphatic heterocycles. The summed E-state index contributed by atoms with van der Waals surface area (Å²) in [7, 11) is 0. The number of halogens is 1. The zero-order valence-corrected chi connectivity index (χ0v) is 17.2. The van der Waals surface area contributed by atoms with Crippen molar-refractivity contribution in [2.75, 3.05) is 5.32 Å². The fourth-order valence-electron chi connectivity index (χ4n) is 5.64. The lowest BCUT2D eigenvalue weighted by Gasteiger charge is -2.47. The maximum absolute atomic E-state index is 10.8. The molecule has 2 atom stereocenters. The van der Waals surface area contributed by atoms with Crippen molar-refractivity contribution in [2.24, 2.45) is 17.8 Å². The molecular formula is C23H27ClN2O2. The first-order valence-electron chi connectivity index (χ1n) is 10.1. The first kappa shape index (κ1) is 19.3. The molecule has 1 N–H and O–H groups in total. The molecule has 0 radical (unpaired) electrons. The van der Waals surface area contributed by atoms with E-state index in [0.29, 0.717) is 5.02 Å². The lowest BCUT2D eigenvalue weighted by molar-refractivity contribution is -0.384. The van der Waals surface area contributed by atoms with Gasteiger partial charge in [0.1, 0.15) is 0 Å². The molecule has 148 valence electrons. The van der Waals surface area contributed by atoms with E-state index in [4.69, 9.17) is 11.6 Å². The van der Waals surface area contributed by atoms with Gasteiger partial charge in [0.2, 0.25) is 0 Å². The molecule has 0 spiro atoms. The topological polar surface area (TPSA) is 55.2 Å². The van der Waals surface area contributed by atoms with Gasteiger partial charge in [-0.05, 0) is 85.1 Å². The van der Waals surface area contributed by atoms with Gasteiger partial charge in [-0.1, -0.05) is 31.5 Å². The lowest BCUT2D eigenvalue weighted by Crippen LogP contribution is -2.38. The molecule has 0 amide bonds. The van der Waals surface area contributed by atoms with E-state index in [-0.39, 0.29) is 11.1 Å². The molecule has 0 saturated heterocycles. The molecule has 2 saturated carbocycles. The SMILES string of the molecule is CC1CC2CC(C1)CC(C)(c1ccc(Nc3ccc([N+](=O)[O-])cc3)c(Cl)c1)C2. The van der Waals surface area contributed by atoms with E-state index in [1.54, 1.807) is 12.1 Å². The van der Waals surface area contributed by atoms with Crippen LogP contribution in [-0.4, -0.2) is 4.92 Å². The predicted octanol–water partition coefficient (Wildman–Crippen LogP) is 7.10. The molecule has 28 heavy (non-hydrogen) atoms. The van der Waals surface area contributed by atoms with E-state index in [1.807, 2.05) is 6.07 Å². The second-order valence-electron chi connectivity index (χ2n) is 9.14. The van der Waals surface area contributed by atoms with Crippen molar-refractivity contribution >= 4 is 28.7 Å². The highest BCUT2D eigenvalue weighted by Crippen LogP contribution is 2.51. The Bertz CT molecular complexity index is 863. The van der Waals surface area contributed by atoms with Crippen molar-refractivity contribution in [3.63, 3.8) is 0 Å². The van der Waals surface area contributed by atoms with Crippen molar-refractivity contribution in [3.8, 4) is 0 Å². The van der Waals surface area contributed by atoms with Gasteiger partial charge in [0.15, 0.2) is 0 Å². The van der Waals surface area contributed by atoms with E-state index < -0.39 is 4.92 Å². The Balaban J connectivity index is 1.52.